The van der Waals surface area contributed by atoms with Gasteiger partial charge in [-0.2, -0.15) is 0 Å². The largest absolute Gasteiger partial charge is 0.494 e. The Morgan fingerprint density at radius 3 is 2.70 bits per heavy atom. The summed E-state index contributed by atoms with van der Waals surface area (Å²) in [5, 5.41) is 2.73. The first-order valence-electron chi connectivity index (χ1n) is 8.04. The van der Waals surface area contributed by atoms with E-state index in [4.69, 9.17) is 9.47 Å². The molecule has 3 rings (SSSR count). The smallest absolute Gasteiger partial charge is 0.411 e. The Morgan fingerprint density at radius 2 is 1.91 bits per heavy atom. The summed E-state index contributed by atoms with van der Waals surface area (Å²) in [6.45, 7) is 0.644. The highest BCUT2D eigenvalue weighted by Crippen LogP contribution is 2.24. The molecule has 4 nitrogen and oxygen atoms in total. The minimum Gasteiger partial charge on any atom is -0.494 e. The fourth-order valence-electron chi connectivity index (χ4n) is 2.26. The van der Waals surface area contributed by atoms with Crippen LogP contribution in [-0.4, -0.2) is 18.8 Å². The van der Waals surface area contributed by atoms with E-state index in [2.05, 4.69) is 17.4 Å². The van der Waals surface area contributed by atoms with Gasteiger partial charge in [0, 0.05) is 11.8 Å². The van der Waals surface area contributed by atoms with Gasteiger partial charge in [-0.25, -0.2) is 4.79 Å². The quantitative estimate of drug-likeness (QED) is 0.771. The van der Waals surface area contributed by atoms with Crippen LogP contribution >= 0.6 is 0 Å². The zero-order chi connectivity index (χ0) is 15.9. The van der Waals surface area contributed by atoms with Gasteiger partial charge in [-0.05, 0) is 43.4 Å². The third kappa shape index (κ3) is 5.33. The summed E-state index contributed by atoms with van der Waals surface area (Å²) in [5.41, 5.74) is 2.01. The Balaban J connectivity index is 1.42. The molecule has 1 amide bonds. The number of aryl methyl sites for hydroxylation is 1. The standard InChI is InChI=1S/C19H21NO3/c21-19(23-17-11-12-17)20-16-9-4-10-18(14-16)22-13-5-8-15-6-2-1-3-7-15/h1-4,6-7,9-10,14,17H,5,8,11-13H2,(H,20,21). The van der Waals surface area contributed by atoms with Crippen LogP contribution in [0.1, 0.15) is 24.8 Å². The van der Waals surface area contributed by atoms with Gasteiger partial charge >= 0.3 is 6.09 Å². The van der Waals surface area contributed by atoms with Gasteiger partial charge in [0.2, 0.25) is 0 Å². The van der Waals surface area contributed by atoms with E-state index in [1.165, 1.54) is 5.56 Å². The molecule has 0 aliphatic heterocycles. The molecule has 1 aliphatic carbocycles. The van der Waals surface area contributed by atoms with Gasteiger partial charge in [0.15, 0.2) is 0 Å². The van der Waals surface area contributed by atoms with Crippen molar-refractivity contribution in [1.82, 2.24) is 0 Å². The summed E-state index contributed by atoms with van der Waals surface area (Å²) in [5.74, 6) is 0.752. The molecule has 0 aromatic heterocycles. The number of rotatable bonds is 7. The highest BCUT2D eigenvalue weighted by atomic mass is 16.6. The van der Waals surface area contributed by atoms with Gasteiger partial charge < -0.3 is 9.47 Å². The van der Waals surface area contributed by atoms with E-state index in [0.29, 0.717) is 12.3 Å². The van der Waals surface area contributed by atoms with E-state index in [9.17, 15) is 4.79 Å². The predicted octanol–water partition coefficient (Wildman–Crippen LogP) is 4.41. The molecule has 0 heterocycles. The zero-order valence-electron chi connectivity index (χ0n) is 13.0. The minimum atomic E-state index is -0.395. The Kier molecular flexibility index (Phi) is 5.14. The second-order valence-electron chi connectivity index (χ2n) is 5.70. The van der Waals surface area contributed by atoms with Crippen LogP contribution in [0.15, 0.2) is 54.6 Å². The van der Waals surface area contributed by atoms with Crippen molar-refractivity contribution in [2.24, 2.45) is 0 Å². The Bertz CT molecular complexity index is 638. The zero-order valence-corrected chi connectivity index (χ0v) is 13.0. The van der Waals surface area contributed by atoms with Crippen LogP contribution < -0.4 is 10.1 Å². The number of anilines is 1. The third-order valence-corrected chi connectivity index (χ3v) is 3.60. The van der Waals surface area contributed by atoms with Crippen LogP contribution in [0.4, 0.5) is 10.5 Å². The molecule has 1 fully saturated rings. The van der Waals surface area contributed by atoms with E-state index >= 15 is 0 Å². The first-order chi connectivity index (χ1) is 11.3. The second kappa shape index (κ2) is 7.68. The van der Waals surface area contributed by atoms with E-state index in [1.54, 1.807) is 0 Å². The molecule has 2 aromatic carbocycles. The van der Waals surface area contributed by atoms with Gasteiger partial charge in [-0.3, -0.25) is 5.32 Å². The molecule has 0 unspecified atom stereocenters. The molecule has 0 saturated heterocycles. The van der Waals surface area contributed by atoms with Crippen molar-refractivity contribution in [2.75, 3.05) is 11.9 Å². The molecule has 0 atom stereocenters. The Hall–Kier alpha value is -2.49. The molecule has 23 heavy (non-hydrogen) atoms. The fourth-order valence-corrected chi connectivity index (χ4v) is 2.26. The number of hydrogen-bond donors (Lipinski definition) is 1. The Morgan fingerprint density at radius 1 is 1.09 bits per heavy atom. The third-order valence-electron chi connectivity index (χ3n) is 3.60. The van der Waals surface area contributed by atoms with Crippen molar-refractivity contribution in [3.8, 4) is 5.75 Å². The maximum absolute atomic E-state index is 11.6. The van der Waals surface area contributed by atoms with Crippen molar-refractivity contribution in [2.45, 2.75) is 31.8 Å². The lowest BCUT2D eigenvalue weighted by atomic mass is 10.1. The molecule has 0 spiro atoms. The van der Waals surface area contributed by atoms with E-state index in [0.717, 1.165) is 31.4 Å². The summed E-state index contributed by atoms with van der Waals surface area (Å²) in [4.78, 5) is 11.6. The molecule has 4 heteroatoms. The van der Waals surface area contributed by atoms with Crippen LogP contribution in [-0.2, 0) is 11.2 Å². The van der Waals surface area contributed by atoms with Crippen LogP contribution in [0.2, 0.25) is 0 Å². The normalized spacial score (nSPS) is 13.4. The lowest BCUT2D eigenvalue weighted by Crippen LogP contribution is -2.14. The van der Waals surface area contributed by atoms with Crippen molar-refractivity contribution in [3.05, 3.63) is 60.2 Å². The number of carbonyl (C=O) groups excluding carboxylic acids is 1. The van der Waals surface area contributed by atoms with Crippen molar-refractivity contribution in [1.29, 1.82) is 0 Å². The molecule has 1 saturated carbocycles. The van der Waals surface area contributed by atoms with Gasteiger partial charge in [0.05, 0.1) is 6.61 Å². The highest BCUT2D eigenvalue weighted by Gasteiger charge is 2.25. The van der Waals surface area contributed by atoms with Crippen LogP contribution in [0.3, 0.4) is 0 Å². The molecule has 120 valence electrons. The van der Waals surface area contributed by atoms with E-state index in [-0.39, 0.29) is 6.10 Å². The van der Waals surface area contributed by atoms with Gasteiger partial charge in [0.1, 0.15) is 11.9 Å². The van der Waals surface area contributed by atoms with Crippen molar-refractivity contribution in [3.63, 3.8) is 0 Å². The average Bonchev–Trinajstić information content (AvgIpc) is 3.37. The molecule has 1 N–H and O–H groups in total. The maximum atomic E-state index is 11.6. The summed E-state index contributed by atoms with van der Waals surface area (Å²) in [6.07, 6.45) is 3.59. The van der Waals surface area contributed by atoms with Gasteiger partial charge in [0.25, 0.3) is 0 Å². The average molecular weight is 311 g/mol. The first kappa shape index (κ1) is 15.4. The number of benzene rings is 2. The molecule has 2 aromatic rings. The monoisotopic (exact) mass is 311 g/mol. The number of ether oxygens (including phenoxy) is 2. The van der Waals surface area contributed by atoms with Crippen molar-refractivity contribution < 1.29 is 14.3 Å². The van der Waals surface area contributed by atoms with Crippen LogP contribution in [0.25, 0.3) is 0 Å². The van der Waals surface area contributed by atoms with Crippen LogP contribution in [0, 0.1) is 0 Å². The molecular weight excluding hydrogens is 290 g/mol. The van der Waals surface area contributed by atoms with Gasteiger partial charge in [-0.15, -0.1) is 0 Å². The van der Waals surface area contributed by atoms with Crippen LogP contribution in [0.5, 0.6) is 5.75 Å². The lowest BCUT2D eigenvalue weighted by Gasteiger charge is -2.09. The SMILES string of the molecule is O=C(Nc1cccc(OCCCc2ccccc2)c1)OC1CC1. The molecular formula is C19H21NO3. The van der Waals surface area contributed by atoms with Crippen molar-refractivity contribution >= 4 is 11.8 Å². The van der Waals surface area contributed by atoms with E-state index < -0.39 is 6.09 Å². The number of carbonyl (C=O) groups is 1. The maximum Gasteiger partial charge on any atom is 0.411 e. The number of hydrogen-bond acceptors (Lipinski definition) is 3. The van der Waals surface area contributed by atoms with E-state index in [1.807, 2.05) is 42.5 Å². The fraction of sp³-hybridized carbons (Fsp3) is 0.316. The Labute approximate surface area is 136 Å². The molecule has 1 aliphatic rings. The number of amides is 1. The lowest BCUT2D eigenvalue weighted by molar-refractivity contribution is 0.154. The first-order valence-corrected chi connectivity index (χ1v) is 8.04. The second-order valence-corrected chi connectivity index (χ2v) is 5.70. The number of nitrogens with one attached hydrogen (secondary N) is 1. The molecule has 0 radical (unpaired) electrons. The minimum absolute atomic E-state index is 0.104. The molecule has 0 bridgehead atoms. The topological polar surface area (TPSA) is 47.6 Å². The van der Waals surface area contributed by atoms with Gasteiger partial charge in [-0.1, -0.05) is 36.4 Å². The summed E-state index contributed by atoms with van der Waals surface area (Å²) in [6, 6.07) is 17.7. The summed E-state index contributed by atoms with van der Waals surface area (Å²) < 4.78 is 10.9. The summed E-state index contributed by atoms with van der Waals surface area (Å²) in [7, 11) is 0. The highest BCUT2D eigenvalue weighted by molar-refractivity contribution is 5.85. The predicted molar refractivity (Wildman–Crippen MR) is 89.8 cm³/mol. The summed E-state index contributed by atoms with van der Waals surface area (Å²) >= 11 is 0.